The second kappa shape index (κ2) is 5.49. The molecule has 0 atom stereocenters. The Labute approximate surface area is 94.8 Å². The highest BCUT2D eigenvalue weighted by Gasteiger charge is 2.10. The Morgan fingerprint density at radius 3 is 2.75 bits per heavy atom. The largest absolute Gasteiger partial charge is 0.398 e. The summed E-state index contributed by atoms with van der Waals surface area (Å²) in [6, 6.07) is 2.71. The predicted molar refractivity (Wildman–Crippen MR) is 62.8 cm³/mol. The summed E-state index contributed by atoms with van der Waals surface area (Å²) in [5, 5.41) is 2.71. The van der Waals surface area contributed by atoms with E-state index in [1.807, 2.05) is 6.92 Å². The molecule has 0 aliphatic rings. The molecule has 1 amide bonds. The molecule has 0 aliphatic heterocycles. The molecule has 4 heteroatoms. The summed E-state index contributed by atoms with van der Waals surface area (Å²) in [5.74, 6) is -0.723. The summed E-state index contributed by atoms with van der Waals surface area (Å²) in [6.45, 7) is 4.23. The van der Waals surface area contributed by atoms with Crippen LogP contribution in [0.3, 0.4) is 0 Å². The average Bonchev–Trinajstić information content (AvgIpc) is 2.25. The Kier molecular flexibility index (Phi) is 4.28. The van der Waals surface area contributed by atoms with E-state index < -0.39 is 5.82 Å². The van der Waals surface area contributed by atoms with Crippen LogP contribution in [-0.4, -0.2) is 12.5 Å². The standard InChI is InChI=1S/C12H17FN2O/c1-3-4-5-15-12(16)9-6-10(13)8(2)11(14)7-9/h6-7H,3-5,14H2,1-2H3,(H,15,16). The number of nitrogen functional groups attached to an aromatic ring is 1. The van der Waals surface area contributed by atoms with Gasteiger partial charge in [0.1, 0.15) is 5.82 Å². The van der Waals surface area contributed by atoms with Gasteiger partial charge in [-0.05, 0) is 25.5 Å². The van der Waals surface area contributed by atoms with Gasteiger partial charge in [0.05, 0.1) is 0 Å². The fourth-order valence-corrected chi connectivity index (χ4v) is 1.31. The summed E-state index contributed by atoms with van der Waals surface area (Å²) >= 11 is 0. The highest BCUT2D eigenvalue weighted by Crippen LogP contribution is 2.17. The van der Waals surface area contributed by atoms with Gasteiger partial charge >= 0.3 is 0 Å². The lowest BCUT2D eigenvalue weighted by atomic mass is 10.1. The molecule has 0 unspecified atom stereocenters. The van der Waals surface area contributed by atoms with Gasteiger partial charge in [-0.15, -0.1) is 0 Å². The van der Waals surface area contributed by atoms with Gasteiger partial charge in [0, 0.05) is 23.4 Å². The Balaban J connectivity index is 2.76. The number of nitrogens with one attached hydrogen (secondary N) is 1. The lowest BCUT2D eigenvalue weighted by Gasteiger charge is -2.07. The molecule has 0 saturated carbocycles. The first-order chi connectivity index (χ1) is 7.56. The van der Waals surface area contributed by atoms with Gasteiger partial charge in [-0.1, -0.05) is 13.3 Å². The molecule has 1 aromatic rings. The van der Waals surface area contributed by atoms with Crippen LogP contribution in [0.4, 0.5) is 10.1 Å². The van der Waals surface area contributed by atoms with Crippen molar-refractivity contribution in [2.24, 2.45) is 0 Å². The van der Waals surface area contributed by atoms with Crippen molar-refractivity contribution in [1.29, 1.82) is 0 Å². The smallest absolute Gasteiger partial charge is 0.251 e. The molecule has 16 heavy (non-hydrogen) atoms. The van der Waals surface area contributed by atoms with Crippen molar-refractivity contribution in [3.05, 3.63) is 29.1 Å². The second-order valence-electron chi connectivity index (χ2n) is 3.78. The number of carbonyl (C=O) groups is 1. The lowest BCUT2D eigenvalue weighted by molar-refractivity contribution is 0.0952. The third-order valence-corrected chi connectivity index (χ3v) is 2.46. The molecule has 3 nitrogen and oxygen atoms in total. The minimum absolute atomic E-state index is 0.275. The van der Waals surface area contributed by atoms with E-state index >= 15 is 0 Å². The number of amides is 1. The van der Waals surface area contributed by atoms with Gasteiger partial charge in [-0.3, -0.25) is 4.79 Å². The van der Waals surface area contributed by atoms with E-state index in [0.717, 1.165) is 12.8 Å². The van der Waals surface area contributed by atoms with Gasteiger partial charge in [-0.25, -0.2) is 4.39 Å². The maximum absolute atomic E-state index is 13.3. The summed E-state index contributed by atoms with van der Waals surface area (Å²) < 4.78 is 13.3. The minimum atomic E-state index is -0.444. The highest BCUT2D eigenvalue weighted by molar-refractivity contribution is 5.95. The quantitative estimate of drug-likeness (QED) is 0.608. The first-order valence-electron chi connectivity index (χ1n) is 5.40. The topological polar surface area (TPSA) is 55.1 Å². The number of benzene rings is 1. The van der Waals surface area contributed by atoms with Crippen molar-refractivity contribution < 1.29 is 9.18 Å². The third-order valence-electron chi connectivity index (χ3n) is 2.46. The fraction of sp³-hybridized carbons (Fsp3) is 0.417. The highest BCUT2D eigenvalue weighted by atomic mass is 19.1. The molecule has 0 aliphatic carbocycles. The average molecular weight is 224 g/mol. The van der Waals surface area contributed by atoms with E-state index in [4.69, 9.17) is 5.73 Å². The normalized spacial score (nSPS) is 10.2. The molecule has 3 N–H and O–H groups in total. The minimum Gasteiger partial charge on any atom is -0.398 e. The molecule has 0 bridgehead atoms. The number of unbranched alkanes of at least 4 members (excludes halogenated alkanes) is 1. The van der Waals surface area contributed by atoms with Crippen molar-refractivity contribution >= 4 is 11.6 Å². The monoisotopic (exact) mass is 224 g/mol. The van der Waals surface area contributed by atoms with Crippen LogP contribution < -0.4 is 11.1 Å². The van der Waals surface area contributed by atoms with Crippen LogP contribution in [0.2, 0.25) is 0 Å². The van der Waals surface area contributed by atoms with Crippen LogP contribution in [0.5, 0.6) is 0 Å². The molecular weight excluding hydrogens is 207 g/mol. The lowest BCUT2D eigenvalue weighted by Crippen LogP contribution is -2.24. The Bertz CT molecular complexity index is 368. The molecule has 0 saturated heterocycles. The van der Waals surface area contributed by atoms with Crippen molar-refractivity contribution in [3.63, 3.8) is 0 Å². The van der Waals surface area contributed by atoms with E-state index in [0.29, 0.717) is 17.8 Å². The van der Waals surface area contributed by atoms with Crippen LogP contribution >= 0.6 is 0 Å². The molecule has 88 valence electrons. The molecular formula is C12H17FN2O. The van der Waals surface area contributed by atoms with Crippen molar-refractivity contribution in [1.82, 2.24) is 5.32 Å². The summed E-state index contributed by atoms with van der Waals surface area (Å²) in [4.78, 5) is 11.6. The van der Waals surface area contributed by atoms with Gasteiger partial charge in [0.15, 0.2) is 0 Å². The summed E-state index contributed by atoms with van der Waals surface area (Å²) in [7, 11) is 0. The van der Waals surface area contributed by atoms with E-state index in [1.54, 1.807) is 6.92 Å². The van der Waals surface area contributed by atoms with Gasteiger partial charge in [-0.2, -0.15) is 0 Å². The fourth-order valence-electron chi connectivity index (χ4n) is 1.31. The van der Waals surface area contributed by atoms with Crippen LogP contribution in [0.1, 0.15) is 35.7 Å². The van der Waals surface area contributed by atoms with E-state index in [-0.39, 0.29) is 11.5 Å². The first-order valence-corrected chi connectivity index (χ1v) is 5.40. The number of halogens is 1. The second-order valence-corrected chi connectivity index (χ2v) is 3.78. The SMILES string of the molecule is CCCCNC(=O)c1cc(N)c(C)c(F)c1. The molecule has 0 aromatic heterocycles. The zero-order chi connectivity index (χ0) is 12.1. The van der Waals surface area contributed by atoms with Crippen LogP contribution in [0, 0.1) is 12.7 Å². The molecule has 0 heterocycles. The number of hydrogen-bond donors (Lipinski definition) is 2. The number of anilines is 1. The van der Waals surface area contributed by atoms with Crippen LogP contribution in [-0.2, 0) is 0 Å². The molecule has 1 aromatic carbocycles. The van der Waals surface area contributed by atoms with Crippen molar-refractivity contribution in [2.45, 2.75) is 26.7 Å². The summed E-state index contributed by atoms with van der Waals surface area (Å²) in [5.41, 5.74) is 6.55. The number of rotatable bonds is 4. The maximum atomic E-state index is 13.3. The van der Waals surface area contributed by atoms with Gasteiger partial charge < -0.3 is 11.1 Å². The number of nitrogens with two attached hydrogens (primary N) is 1. The van der Waals surface area contributed by atoms with Crippen LogP contribution in [0.15, 0.2) is 12.1 Å². The molecule has 1 rings (SSSR count). The van der Waals surface area contributed by atoms with Crippen molar-refractivity contribution in [2.75, 3.05) is 12.3 Å². The van der Waals surface area contributed by atoms with E-state index in [1.165, 1.54) is 12.1 Å². The van der Waals surface area contributed by atoms with Crippen molar-refractivity contribution in [3.8, 4) is 0 Å². The molecule has 0 radical (unpaired) electrons. The molecule has 0 spiro atoms. The summed E-state index contributed by atoms with van der Waals surface area (Å²) in [6.07, 6.45) is 1.92. The zero-order valence-electron chi connectivity index (χ0n) is 9.64. The van der Waals surface area contributed by atoms with Crippen LogP contribution in [0.25, 0.3) is 0 Å². The predicted octanol–water partition coefficient (Wildman–Crippen LogP) is 2.25. The van der Waals surface area contributed by atoms with Gasteiger partial charge in [0.2, 0.25) is 0 Å². The Morgan fingerprint density at radius 2 is 2.19 bits per heavy atom. The van der Waals surface area contributed by atoms with E-state index in [9.17, 15) is 9.18 Å². The molecule has 0 fully saturated rings. The zero-order valence-corrected chi connectivity index (χ0v) is 9.64. The first kappa shape index (κ1) is 12.5. The van der Waals surface area contributed by atoms with Gasteiger partial charge in [0.25, 0.3) is 5.91 Å². The maximum Gasteiger partial charge on any atom is 0.251 e. The number of carbonyl (C=O) groups excluding carboxylic acids is 1. The number of hydrogen-bond acceptors (Lipinski definition) is 2. The Hall–Kier alpha value is -1.58. The third kappa shape index (κ3) is 2.95. The Morgan fingerprint density at radius 1 is 1.50 bits per heavy atom. The van der Waals surface area contributed by atoms with E-state index in [2.05, 4.69) is 5.32 Å².